The Morgan fingerprint density at radius 3 is 2.33 bits per heavy atom. The number of anilines is 2. The van der Waals surface area contributed by atoms with Crippen LogP contribution in [0, 0.1) is 0 Å². The van der Waals surface area contributed by atoms with Crippen LogP contribution in [0.2, 0.25) is 0 Å². The highest BCUT2D eigenvalue weighted by atomic mass is 16.1. The van der Waals surface area contributed by atoms with E-state index in [-0.39, 0.29) is 11.8 Å². The Hall–Kier alpha value is -2.29. The predicted octanol–water partition coefficient (Wildman–Crippen LogP) is 3.01. The fourth-order valence-corrected chi connectivity index (χ4v) is 1.74. The van der Waals surface area contributed by atoms with E-state index in [9.17, 15) is 4.79 Å². The number of amides is 1. The topological polar surface area (TPSA) is 55.1 Å². The van der Waals surface area contributed by atoms with Crippen LogP contribution in [-0.4, -0.2) is 5.91 Å². The number of nitrogens with two attached hydrogens (primary N) is 1. The van der Waals surface area contributed by atoms with Crippen molar-refractivity contribution in [1.82, 2.24) is 0 Å². The maximum atomic E-state index is 12.1. The van der Waals surface area contributed by atoms with Gasteiger partial charge in [0.25, 0.3) is 0 Å². The Morgan fingerprint density at radius 2 is 1.67 bits per heavy atom. The summed E-state index contributed by atoms with van der Waals surface area (Å²) < 4.78 is 0. The lowest BCUT2D eigenvalue weighted by molar-refractivity contribution is -0.117. The van der Waals surface area contributed by atoms with Crippen molar-refractivity contribution in [3.05, 3.63) is 60.2 Å². The molecule has 2 rings (SSSR count). The van der Waals surface area contributed by atoms with Gasteiger partial charge in [0.15, 0.2) is 0 Å². The molecule has 18 heavy (non-hydrogen) atoms. The molecule has 0 aliphatic heterocycles. The summed E-state index contributed by atoms with van der Waals surface area (Å²) in [6.07, 6.45) is 0. The van der Waals surface area contributed by atoms with Crippen LogP contribution < -0.4 is 11.1 Å². The summed E-state index contributed by atoms with van der Waals surface area (Å²) in [4.78, 5) is 12.1. The lowest BCUT2D eigenvalue weighted by Crippen LogP contribution is -2.19. The van der Waals surface area contributed by atoms with Crippen LogP contribution in [0.1, 0.15) is 18.4 Å². The van der Waals surface area contributed by atoms with Gasteiger partial charge in [0.2, 0.25) is 5.91 Å². The first-order valence-electron chi connectivity index (χ1n) is 5.89. The molecule has 0 radical (unpaired) electrons. The SMILES string of the molecule is CC(C(=O)Nc1ccccc1N)c1ccccc1. The van der Waals surface area contributed by atoms with Crippen LogP contribution in [0.15, 0.2) is 54.6 Å². The number of hydrogen-bond donors (Lipinski definition) is 2. The minimum absolute atomic E-state index is 0.0564. The molecule has 0 aliphatic carbocycles. The quantitative estimate of drug-likeness (QED) is 0.810. The molecule has 0 spiro atoms. The zero-order valence-corrected chi connectivity index (χ0v) is 10.3. The second kappa shape index (κ2) is 5.36. The number of rotatable bonds is 3. The third-order valence-electron chi connectivity index (χ3n) is 2.91. The van der Waals surface area contributed by atoms with Crippen molar-refractivity contribution in [1.29, 1.82) is 0 Å². The Labute approximate surface area is 107 Å². The summed E-state index contributed by atoms with van der Waals surface area (Å²) >= 11 is 0. The highest BCUT2D eigenvalue weighted by molar-refractivity contribution is 5.97. The second-order valence-corrected chi connectivity index (χ2v) is 4.21. The van der Waals surface area contributed by atoms with Crippen LogP contribution in [0.5, 0.6) is 0 Å². The van der Waals surface area contributed by atoms with Crippen molar-refractivity contribution in [2.24, 2.45) is 0 Å². The molecule has 1 unspecified atom stereocenters. The zero-order chi connectivity index (χ0) is 13.0. The van der Waals surface area contributed by atoms with E-state index < -0.39 is 0 Å². The molecule has 3 N–H and O–H groups in total. The number of hydrogen-bond acceptors (Lipinski definition) is 2. The molecule has 0 heterocycles. The van der Waals surface area contributed by atoms with Crippen LogP contribution in [0.3, 0.4) is 0 Å². The number of carbonyl (C=O) groups is 1. The Kier molecular flexibility index (Phi) is 3.63. The van der Waals surface area contributed by atoms with Gasteiger partial charge in [0.05, 0.1) is 17.3 Å². The van der Waals surface area contributed by atoms with Crippen LogP contribution in [-0.2, 0) is 4.79 Å². The molecule has 92 valence electrons. The average Bonchev–Trinajstić information content (AvgIpc) is 2.41. The first-order chi connectivity index (χ1) is 8.68. The van der Waals surface area contributed by atoms with Crippen molar-refractivity contribution in [3.63, 3.8) is 0 Å². The minimum Gasteiger partial charge on any atom is -0.397 e. The lowest BCUT2D eigenvalue weighted by atomic mass is 10.0. The molecule has 0 bridgehead atoms. The summed E-state index contributed by atoms with van der Waals surface area (Å²) in [6.45, 7) is 1.88. The molecule has 1 atom stereocenters. The van der Waals surface area contributed by atoms with Crippen LogP contribution in [0.25, 0.3) is 0 Å². The largest absolute Gasteiger partial charge is 0.397 e. The fraction of sp³-hybridized carbons (Fsp3) is 0.133. The molecule has 3 nitrogen and oxygen atoms in total. The van der Waals surface area contributed by atoms with E-state index >= 15 is 0 Å². The highest BCUT2D eigenvalue weighted by Gasteiger charge is 2.15. The predicted molar refractivity (Wildman–Crippen MR) is 74.3 cm³/mol. The van der Waals surface area contributed by atoms with Gasteiger partial charge in [-0.15, -0.1) is 0 Å². The van der Waals surface area contributed by atoms with Crippen molar-refractivity contribution in [2.45, 2.75) is 12.8 Å². The molecule has 2 aromatic rings. The normalized spacial score (nSPS) is 11.8. The number of para-hydroxylation sites is 2. The Bertz CT molecular complexity index is 537. The van der Waals surface area contributed by atoms with Crippen LogP contribution in [0.4, 0.5) is 11.4 Å². The van der Waals surface area contributed by atoms with E-state index in [1.807, 2.05) is 49.4 Å². The van der Waals surface area contributed by atoms with Gasteiger partial charge in [0, 0.05) is 0 Å². The van der Waals surface area contributed by atoms with Gasteiger partial charge in [-0.3, -0.25) is 4.79 Å². The van der Waals surface area contributed by atoms with Gasteiger partial charge in [-0.05, 0) is 24.6 Å². The summed E-state index contributed by atoms with van der Waals surface area (Å²) in [7, 11) is 0. The number of benzene rings is 2. The van der Waals surface area contributed by atoms with Gasteiger partial charge in [0.1, 0.15) is 0 Å². The third kappa shape index (κ3) is 2.69. The molecule has 0 fully saturated rings. The Morgan fingerprint density at radius 1 is 1.06 bits per heavy atom. The van der Waals surface area contributed by atoms with Crippen molar-refractivity contribution >= 4 is 17.3 Å². The van der Waals surface area contributed by atoms with Crippen molar-refractivity contribution < 1.29 is 4.79 Å². The van der Waals surface area contributed by atoms with Gasteiger partial charge in [-0.2, -0.15) is 0 Å². The van der Waals surface area contributed by atoms with Gasteiger partial charge < -0.3 is 11.1 Å². The molecule has 0 saturated heterocycles. The van der Waals surface area contributed by atoms with Crippen LogP contribution >= 0.6 is 0 Å². The second-order valence-electron chi connectivity index (χ2n) is 4.21. The Balaban J connectivity index is 2.12. The van der Waals surface area contributed by atoms with Gasteiger partial charge >= 0.3 is 0 Å². The third-order valence-corrected chi connectivity index (χ3v) is 2.91. The van der Waals surface area contributed by atoms with E-state index in [1.54, 1.807) is 12.1 Å². The summed E-state index contributed by atoms with van der Waals surface area (Å²) in [5.41, 5.74) is 8.02. The average molecular weight is 240 g/mol. The highest BCUT2D eigenvalue weighted by Crippen LogP contribution is 2.21. The van der Waals surface area contributed by atoms with Crippen molar-refractivity contribution in [2.75, 3.05) is 11.1 Å². The molecule has 2 aromatic carbocycles. The van der Waals surface area contributed by atoms with E-state index in [1.165, 1.54) is 0 Å². The first-order valence-corrected chi connectivity index (χ1v) is 5.89. The van der Waals surface area contributed by atoms with Crippen molar-refractivity contribution in [3.8, 4) is 0 Å². The summed E-state index contributed by atoms with van der Waals surface area (Å²) in [5.74, 6) is -0.259. The molecule has 0 aliphatic rings. The molecular formula is C15H16N2O. The molecule has 0 aromatic heterocycles. The fourth-order valence-electron chi connectivity index (χ4n) is 1.74. The number of nitrogen functional groups attached to an aromatic ring is 1. The molecular weight excluding hydrogens is 224 g/mol. The molecule has 3 heteroatoms. The smallest absolute Gasteiger partial charge is 0.231 e. The minimum atomic E-state index is -0.203. The first kappa shape index (κ1) is 12.2. The van der Waals surface area contributed by atoms with E-state index in [0.717, 1.165) is 5.56 Å². The lowest BCUT2D eigenvalue weighted by Gasteiger charge is -2.13. The zero-order valence-electron chi connectivity index (χ0n) is 10.3. The number of carbonyl (C=O) groups excluding carboxylic acids is 1. The number of nitrogens with one attached hydrogen (secondary N) is 1. The molecule has 1 amide bonds. The van der Waals surface area contributed by atoms with Gasteiger partial charge in [-0.1, -0.05) is 42.5 Å². The maximum Gasteiger partial charge on any atom is 0.231 e. The standard InChI is InChI=1S/C15H16N2O/c1-11(12-7-3-2-4-8-12)15(18)17-14-10-6-5-9-13(14)16/h2-11H,16H2,1H3,(H,17,18). The van der Waals surface area contributed by atoms with E-state index in [4.69, 9.17) is 5.73 Å². The van der Waals surface area contributed by atoms with Gasteiger partial charge in [-0.25, -0.2) is 0 Å². The monoisotopic (exact) mass is 240 g/mol. The maximum absolute atomic E-state index is 12.1. The van der Waals surface area contributed by atoms with E-state index in [0.29, 0.717) is 11.4 Å². The van der Waals surface area contributed by atoms with E-state index in [2.05, 4.69) is 5.32 Å². The summed E-state index contributed by atoms with van der Waals surface area (Å²) in [6, 6.07) is 16.9. The molecule has 0 saturated carbocycles. The summed E-state index contributed by atoms with van der Waals surface area (Å²) in [5, 5.41) is 2.84.